The van der Waals surface area contributed by atoms with E-state index in [1.54, 1.807) is 0 Å². The summed E-state index contributed by atoms with van der Waals surface area (Å²) >= 11 is 0. The van der Waals surface area contributed by atoms with Gasteiger partial charge in [-0.1, -0.05) is 19.1 Å². The molecular weight excluding hydrogens is 250 g/mol. The Hall–Kier alpha value is -1.90. The first-order valence-electron chi connectivity index (χ1n) is 7.20. The van der Waals surface area contributed by atoms with Crippen LogP contribution in [0.3, 0.4) is 0 Å². The van der Waals surface area contributed by atoms with Crippen molar-refractivity contribution in [3.63, 3.8) is 0 Å². The standard InChI is InChI=1S/C17H19NO2/c1-4-11-6-8-13-14(17(19)20)12-7-5-9(2)10(3)15(12)18-16(11)13/h5,7,11H,4,6,8H2,1-3H3,(H,19,20). The number of aromatic carboxylic acids is 1. The summed E-state index contributed by atoms with van der Waals surface area (Å²) in [5, 5.41) is 10.4. The molecule has 3 heteroatoms. The molecule has 0 aliphatic heterocycles. The summed E-state index contributed by atoms with van der Waals surface area (Å²) in [5.74, 6) is -0.416. The van der Waals surface area contributed by atoms with Crippen LogP contribution in [0.15, 0.2) is 12.1 Å². The van der Waals surface area contributed by atoms with Gasteiger partial charge in [-0.3, -0.25) is 4.98 Å². The maximum absolute atomic E-state index is 11.7. The second-order valence-electron chi connectivity index (χ2n) is 5.70. The number of benzene rings is 1. The van der Waals surface area contributed by atoms with Crippen molar-refractivity contribution >= 4 is 16.9 Å². The molecule has 3 rings (SSSR count). The summed E-state index contributed by atoms with van der Waals surface area (Å²) in [7, 11) is 0. The number of pyridine rings is 1. The Morgan fingerprint density at radius 1 is 1.40 bits per heavy atom. The zero-order valence-electron chi connectivity index (χ0n) is 12.2. The van der Waals surface area contributed by atoms with Gasteiger partial charge in [-0.2, -0.15) is 0 Å². The molecule has 0 radical (unpaired) electrons. The van der Waals surface area contributed by atoms with Crippen LogP contribution in [0.5, 0.6) is 0 Å². The lowest BCUT2D eigenvalue weighted by molar-refractivity contribution is 0.0698. The van der Waals surface area contributed by atoms with Gasteiger partial charge in [-0.15, -0.1) is 0 Å². The number of carboxylic acid groups (broad SMARTS) is 1. The molecule has 3 nitrogen and oxygen atoms in total. The normalized spacial score (nSPS) is 17.4. The average Bonchev–Trinajstić information content (AvgIpc) is 2.83. The van der Waals surface area contributed by atoms with E-state index >= 15 is 0 Å². The average molecular weight is 269 g/mol. The van der Waals surface area contributed by atoms with E-state index in [0.29, 0.717) is 11.5 Å². The largest absolute Gasteiger partial charge is 0.478 e. The van der Waals surface area contributed by atoms with Crippen molar-refractivity contribution in [1.29, 1.82) is 0 Å². The molecule has 104 valence electrons. The lowest BCUT2D eigenvalue weighted by Gasteiger charge is -2.14. The molecule has 1 atom stereocenters. The van der Waals surface area contributed by atoms with E-state index in [1.165, 1.54) is 0 Å². The summed E-state index contributed by atoms with van der Waals surface area (Å²) in [6, 6.07) is 3.90. The van der Waals surface area contributed by atoms with E-state index in [-0.39, 0.29) is 0 Å². The second-order valence-corrected chi connectivity index (χ2v) is 5.70. The number of hydrogen-bond donors (Lipinski definition) is 1. The fourth-order valence-electron chi connectivity index (χ4n) is 3.31. The van der Waals surface area contributed by atoms with Crippen LogP contribution in [0.4, 0.5) is 0 Å². The smallest absolute Gasteiger partial charge is 0.336 e. The van der Waals surface area contributed by atoms with Gasteiger partial charge in [-0.25, -0.2) is 4.79 Å². The lowest BCUT2D eigenvalue weighted by Crippen LogP contribution is -2.07. The van der Waals surface area contributed by atoms with Gasteiger partial charge in [0.1, 0.15) is 0 Å². The fourth-order valence-corrected chi connectivity index (χ4v) is 3.31. The molecule has 1 heterocycles. The number of hydrogen-bond acceptors (Lipinski definition) is 2. The first kappa shape index (κ1) is 13.1. The quantitative estimate of drug-likeness (QED) is 0.896. The Labute approximate surface area is 118 Å². The monoisotopic (exact) mass is 269 g/mol. The van der Waals surface area contributed by atoms with Crippen LogP contribution in [0.1, 0.15) is 58.4 Å². The van der Waals surface area contributed by atoms with E-state index in [1.807, 2.05) is 26.0 Å². The third kappa shape index (κ3) is 1.73. The highest BCUT2D eigenvalue weighted by Crippen LogP contribution is 2.39. The molecule has 0 spiro atoms. The maximum Gasteiger partial charge on any atom is 0.336 e. The minimum atomic E-state index is -0.825. The number of aryl methyl sites for hydroxylation is 2. The first-order valence-corrected chi connectivity index (χ1v) is 7.20. The predicted octanol–water partition coefficient (Wildman–Crippen LogP) is 3.99. The molecule has 1 unspecified atom stereocenters. The molecule has 1 aliphatic rings. The number of aromatic nitrogens is 1. The number of carbonyl (C=O) groups is 1. The van der Waals surface area contributed by atoms with Crippen LogP contribution in [0.25, 0.3) is 10.9 Å². The number of nitrogens with zero attached hydrogens (tertiary/aromatic N) is 1. The highest BCUT2D eigenvalue weighted by molar-refractivity contribution is 6.05. The molecule has 20 heavy (non-hydrogen) atoms. The molecule has 1 N–H and O–H groups in total. The Balaban J connectivity index is 2.44. The van der Waals surface area contributed by atoms with Gasteiger partial charge in [0.2, 0.25) is 0 Å². The Bertz CT molecular complexity index is 719. The topological polar surface area (TPSA) is 50.2 Å². The highest BCUT2D eigenvalue weighted by Gasteiger charge is 2.29. The predicted molar refractivity (Wildman–Crippen MR) is 79.5 cm³/mol. The minimum absolute atomic E-state index is 0.410. The molecule has 0 saturated heterocycles. The minimum Gasteiger partial charge on any atom is -0.478 e. The Kier molecular flexibility index (Phi) is 3.00. The Morgan fingerprint density at radius 2 is 2.15 bits per heavy atom. The number of carboxylic acids is 1. The second kappa shape index (κ2) is 4.58. The van der Waals surface area contributed by atoms with E-state index < -0.39 is 5.97 Å². The van der Waals surface area contributed by atoms with Gasteiger partial charge in [-0.05, 0) is 49.8 Å². The molecule has 2 aromatic rings. The Morgan fingerprint density at radius 3 is 2.80 bits per heavy atom. The molecule has 1 aliphatic carbocycles. The van der Waals surface area contributed by atoms with Crippen molar-refractivity contribution in [2.24, 2.45) is 0 Å². The van der Waals surface area contributed by atoms with Gasteiger partial charge in [0.05, 0.1) is 11.1 Å². The molecule has 1 aromatic carbocycles. The van der Waals surface area contributed by atoms with Crippen LogP contribution < -0.4 is 0 Å². The van der Waals surface area contributed by atoms with Gasteiger partial charge >= 0.3 is 5.97 Å². The first-order chi connectivity index (χ1) is 9.54. The van der Waals surface area contributed by atoms with Crippen LogP contribution in [-0.2, 0) is 6.42 Å². The highest BCUT2D eigenvalue weighted by atomic mass is 16.4. The SMILES string of the molecule is CCC1CCc2c1nc1c(C)c(C)ccc1c2C(=O)O. The molecule has 0 amide bonds. The van der Waals surface area contributed by atoms with E-state index in [9.17, 15) is 9.90 Å². The molecule has 0 fully saturated rings. The molecule has 1 aromatic heterocycles. The van der Waals surface area contributed by atoms with Crippen molar-refractivity contribution in [2.45, 2.75) is 46.0 Å². The summed E-state index contributed by atoms with van der Waals surface area (Å²) in [6.45, 7) is 6.22. The third-order valence-electron chi connectivity index (χ3n) is 4.65. The lowest BCUT2D eigenvalue weighted by atomic mass is 9.96. The number of rotatable bonds is 2. The van der Waals surface area contributed by atoms with Gasteiger partial charge in [0.15, 0.2) is 0 Å². The third-order valence-corrected chi connectivity index (χ3v) is 4.65. The van der Waals surface area contributed by atoms with Crippen LogP contribution in [-0.4, -0.2) is 16.1 Å². The number of fused-ring (bicyclic) bond motifs is 2. The van der Waals surface area contributed by atoms with Gasteiger partial charge in [0.25, 0.3) is 0 Å². The van der Waals surface area contributed by atoms with Gasteiger partial charge < -0.3 is 5.11 Å². The van der Waals surface area contributed by atoms with Crippen LogP contribution in [0.2, 0.25) is 0 Å². The van der Waals surface area contributed by atoms with Gasteiger partial charge in [0, 0.05) is 17.0 Å². The van der Waals surface area contributed by atoms with Crippen molar-refractivity contribution in [1.82, 2.24) is 4.98 Å². The molecule has 0 bridgehead atoms. The van der Waals surface area contributed by atoms with E-state index in [2.05, 4.69) is 6.92 Å². The summed E-state index contributed by atoms with van der Waals surface area (Å²) < 4.78 is 0. The summed E-state index contributed by atoms with van der Waals surface area (Å²) in [6.07, 6.45) is 2.88. The van der Waals surface area contributed by atoms with Crippen molar-refractivity contribution < 1.29 is 9.90 Å². The van der Waals surface area contributed by atoms with E-state index in [0.717, 1.165) is 52.5 Å². The zero-order valence-corrected chi connectivity index (χ0v) is 12.2. The maximum atomic E-state index is 11.7. The van der Waals surface area contributed by atoms with Crippen LogP contribution >= 0.6 is 0 Å². The fraction of sp³-hybridized carbons (Fsp3) is 0.412. The van der Waals surface area contributed by atoms with Crippen molar-refractivity contribution in [2.75, 3.05) is 0 Å². The summed E-state index contributed by atoms with van der Waals surface area (Å²) in [5.41, 5.74) is 5.57. The van der Waals surface area contributed by atoms with Crippen LogP contribution in [0, 0.1) is 13.8 Å². The zero-order chi connectivity index (χ0) is 14.4. The van der Waals surface area contributed by atoms with Crippen molar-refractivity contribution in [3.8, 4) is 0 Å². The van der Waals surface area contributed by atoms with E-state index in [4.69, 9.17) is 4.98 Å². The van der Waals surface area contributed by atoms with Crippen molar-refractivity contribution in [3.05, 3.63) is 40.1 Å². The molecular formula is C17H19NO2. The summed E-state index contributed by atoms with van der Waals surface area (Å²) in [4.78, 5) is 16.6. The molecule has 0 saturated carbocycles.